The molecule has 5 heteroatoms. The summed E-state index contributed by atoms with van der Waals surface area (Å²) in [5.41, 5.74) is 2.66. The van der Waals surface area contributed by atoms with Gasteiger partial charge in [-0.25, -0.2) is 4.98 Å². The minimum Gasteiger partial charge on any atom is -0.482 e. The summed E-state index contributed by atoms with van der Waals surface area (Å²) < 4.78 is 5.37. The lowest BCUT2D eigenvalue weighted by Crippen LogP contribution is -2.25. The molecule has 1 amide bonds. The van der Waals surface area contributed by atoms with Crippen molar-refractivity contribution in [2.75, 3.05) is 11.9 Å². The fourth-order valence-electron chi connectivity index (χ4n) is 1.73. The first-order valence-electron chi connectivity index (χ1n) is 5.21. The van der Waals surface area contributed by atoms with Gasteiger partial charge in [-0.1, -0.05) is 6.07 Å². The number of nitrogens with zero attached hydrogens (tertiary/aromatic N) is 1. The molecule has 1 N–H and O–H groups in total. The smallest absolute Gasteiger partial charge is 0.262 e. The van der Waals surface area contributed by atoms with Crippen LogP contribution in [0.5, 0.6) is 5.75 Å². The molecule has 3 rings (SSSR count). The maximum atomic E-state index is 11.1. The molecule has 0 atom stereocenters. The molecule has 0 spiro atoms. The maximum Gasteiger partial charge on any atom is 0.262 e. The Hall–Kier alpha value is -1.88. The van der Waals surface area contributed by atoms with Gasteiger partial charge in [0.05, 0.1) is 16.4 Å². The number of carbonyl (C=O) groups excluding carboxylic acids is 1. The third-order valence-electron chi connectivity index (χ3n) is 2.53. The predicted molar refractivity (Wildman–Crippen MR) is 66.4 cm³/mol. The summed E-state index contributed by atoms with van der Waals surface area (Å²) in [7, 11) is 0. The highest BCUT2D eigenvalue weighted by Gasteiger charge is 2.16. The first-order valence-corrected chi connectivity index (χ1v) is 6.09. The molecule has 0 bridgehead atoms. The number of fused-ring (bicyclic) bond motifs is 1. The molecule has 1 aromatic carbocycles. The Balaban J connectivity index is 2.01. The largest absolute Gasteiger partial charge is 0.482 e. The molecule has 4 nitrogen and oxygen atoms in total. The van der Waals surface area contributed by atoms with Crippen LogP contribution in [0.2, 0.25) is 0 Å². The number of aryl methyl sites for hydroxylation is 1. The number of hydrogen-bond donors (Lipinski definition) is 1. The molecule has 1 aliphatic heterocycles. The van der Waals surface area contributed by atoms with Crippen LogP contribution in [0.15, 0.2) is 23.6 Å². The van der Waals surface area contributed by atoms with Gasteiger partial charge in [0.2, 0.25) is 0 Å². The van der Waals surface area contributed by atoms with E-state index in [0.717, 1.165) is 22.0 Å². The van der Waals surface area contributed by atoms with Gasteiger partial charge in [0.1, 0.15) is 5.75 Å². The summed E-state index contributed by atoms with van der Waals surface area (Å²) in [6, 6.07) is 5.68. The highest BCUT2D eigenvalue weighted by Crippen LogP contribution is 2.32. The van der Waals surface area contributed by atoms with Gasteiger partial charge < -0.3 is 10.1 Å². The van der Waals surface area contributed by atoms with Crippen LogP contribution in [0.25, 0.3) is 11.3 Å². The second-order valence-electron chi connectivity index (χ2n) is 3.80. The van der Waals surface area contributed by atoms with Gasteiger partial charge in [-0.15, -0.1) is 11.3 Å². The van der Waals surface area contributed by atoms with E-state index in [9.17, 15) is 4.79 Å². The highest BCUT2D eigenvalue weighted by molar-refractivity contribution is 7.09. The monoisotopic (exact) mass is 246 g/mol. The van der Waals surface area contributed by atoms with Crippen LogP contribution in [-0.4, -0.2) is 17.5 Å². The zero-order valence-corrected chi connectivity index (χ0v) is 10.0. The molecule has 2 heterocycles. The molecular formula is C12H10N2O2S. The van der Waals surface area contributed by atoms with Crippen molar-refractivity contribution in [2.24, 2.45) is 0 Å². The number of benzene rings is 1. The molecule has 2 aromatic rings. The normalized spacial score (nSPS) is 13.8. The van der Waals surface area contributed by atoms with E-state index in [4.69, 9.17) is 4.74 Å². The van der Waals surface area contributed by atoms with Crippen molar-refractivity contribution in [1.29, 1.82) is 0 Å². The van der Waals surface area contributed by atoms with Gasteiger partial charge in [-0.05, 0) is 19.1 Å². The van der Waals surface area contributed by atoms with E-state index in [1.807, 2.05) is 30.5 Å². The SMILES string of the molecule is Cc1nc(-c2ccc3c(c2)OCC(=O)N3)cs1. The molecule has 0 saturated heterocycles. The third-order valence-corrected chi connectivity index (χ3v) is 3.30. The molecule has 17 heavy (non-hydrogen) atoms. The first kappa shape index (κ1) is 10.3. The Morgan fingerprint density at radius 3 is 3.12 bits per heavy atom. The topological polar surface area (TPSA) is 51.2 Å². The molecule has 0 saturated carbocycles. The molecule has 86 valence electrons. The Labute approximate surface area is 102 Å². The lowest BCUT2D eigenvalue weighted by molar-refractivity contribution is -0.118. The van der Waals surface area contributed by atoms with Crippen molar-refractivity contribution < 1.29 is 9.53 Å². The fourth-order valence-corrected chi connectivity index (χ4v) is 2.35. The van der Waals surface area contributed by atoms with Crippen molar-refractivity contribution in [1.82, 2.24) is 4.98 Å². The summed E-state index contributed by atoms with van der Waals surface area (Å²) in [5, 5.41) is 5.81. The summed E-state index contributed by atoms with van der Waals surface area (Å²) >= 11 is 1.62. The zero-order valence-electron chi connectivity index (χ0n) is 9.19. The van der Waals surface area contributed by atoms with E-state index in [1.165, 1.54) is 0 Å². The summed E-state index contributed by atoms with van der Waals surface area (Å²) in [6.45, 7) is 2.05. The number of amides is 1. The summed E-state index contributed by atoms with van der Waals surface area (Å²) in [6.07, 6.45) is 0. The van der Waals surface area contributed by atoms with Crippen LogP contribution in [-0.2, 0) is 4.79 Å². The van der Waals surface area contributed by atoms with Crippen molar-refractivity contribution >= 4 is 22.9 Å². The van der Waals surface area contributed by atoms with E-state index >= 15 is 0 Å². The number of ether oxygens (including phenoxy) is 1. The predicted octanol–water partition coefficient (Wildman–Crippen LogP) is 2.45. The number of rotatable bonds is 1. The average Bonchev–Trinajstić information content (AvgIpc) is 2.75. The van der Waals surface area contributed by atoms with Gasteiger partial charge >= 0.3 is 0 Å². The van der Waals surface area contributed by atoms with Gasteiger partial charge in [0, 0.05) is 10.9 Å². The second kappa shape index (κ2) is 3.85. The van der Waals surface area contributed by atoms with Gasteiger partial charge in [0.15, 0.2) is 6.61 Å². The van der Waals surface area contributed by atoms with E-state index in [0.29, 0.717) is 5.75 Å². The Morgan fingerprint density at radius 1 is 1.47 bits per heavy atom. The number of thiazole rings is 1. The van der Waals surface area contributed by atoms with Crippen LogP contribution < -0.4 is 10.1 Å². The minimum atomic E-state index is -0.116. The second-order valence-corrected chi connectivity index (χ2v) is 4.86. The molecule has 0 unspecified atom stereocenters. The highest BCUT2D eigenvalue weighted by atomic mass is 32.1. The van der Waals surface area contributed by atoms with Crippen LogP contribution in [0.4, 0.5) is 5.69 Å². The van der Waals surface area contributed by atoms with Crippen LogP contribution in [0.1, 0.15) is 5.01 Å². The number of anilines is 1. The van der Waals surface area contributed by atoms with E-state index in [2.05, 4.69) is 10.3 Å². The molecule has 1 aliphatic rings. The Kier molecular flexibility index (Phi) is 2.33. The molecule has 0 radical (unpaired) electrons. The number of carbonyl (C=O) groups is 1. The number of hydrogen-bond acceptors (Lipinski definition) is 4. The first-order chi connectivity index (χ1) is 8.22. The lowest BCUT2D eigenvalue weighted by Gasteiger charge is -2.18. The van der Waals surface area contributed by atoms with Crippen molar-refractivity contribution in [3.8, 4) is 17.0 Å². The van der Waals surface area contributed by atoms with Crippen molar-refractivity contribution in [3.05, 3.63) is 28.6 Å². The molecular weight excluding hydrogens is 236 g/mol. The molecule has 0 aliphatic carbocycles. The number of aromatic nitrogens is 1. The minimum absolute atomic E-state index is 0.0759. The van der Waals surface area contributed by atoms with Gasteiger partial charge in [-0.3, -0.25) is 4.79 Å². The van der Waals surface area contributed by atoms with Crippen LogP contribution in [0, 0.1) is 6.92 Å². The molecule has 1 aromatic heterocycles. The molecule has 0 fully saturated rings. The van der Waals surface area contributed by atoms with Crippen molar-refractivity contribution in [3.63, 3.8) is 0 Å². The van der Waals surface area contributed by atoms with Crippen molar-refractivity contribution in [2.45, 2.75) is 6.92 Å². The fraction of sp³-hybridized carbons (Fsp3) is 0.167. The standard InChI is InChI=1S/C12H10N2O2S/c1-7-13-10(6-17-7)8-2-3-9-11(4-8)16-5-12(15)14-9/h2-4,6H,5H2,1H3,(H,14,15). The van der Waals surface area contributed by atoms with E-state index < -0.39 is 0 Å². The van der Waals surface area contributed by atoms with E-state index in [-0.39, 0.29) is 12.5 Å². The summed E-state index contributed by atoms with van der Waals surface area (Å²) in [5.74, 6) is 0.586. The quantitative estimate of drug-likeness (QED) is 0.840. The zero-order chi connectivity index (χ0) is 11.8. The summed E-state index contributed by atoms with van der Waals surface area (Å²) in [4.78, 5) is 15.6. The third kappa shape index (κ3) is 1.89. The van der Waals surface area contributed by atoms with Crippen LogP contribution >= 0.6 is 11.3 Å². The Bertz CT molecular complexity index is 592. The lowest BCUT2D eigenvalue weighted by atomic mass is 10.1. The van der Waals surface area contributed by atoms with Gasteiger partial charge in [0.25, 0.3) is 5.91 Å². The maximum absolute atomic E-state index is 11.1. The van der Waals surface area contributed by atoms with E-state index in [1.54, 1.807) is 11.3 Å². The number of nitrogens with one attached hydrogen (secondary N) is 1. The Morgan fingerprint density at radius 2 is 2.35 bits per heavy atom. The van der Waals surface area contributed by atoms with Gasteiger partial charge in [-0.2, -0.15) is 0 Å². The average molecular weight is 246 g/mol. The van der Waals surface area contributed by atoms with Crippen LogP contribution in [0.3, 0.4) is 0 Å².